The number of methoxy groups -OCH3 is 3. The van der Waals surface area contributed by atoms with Crippen LogP contribution in [0.3, 0.4) is 0 Å². The highest BCUT2D eigenvalue weighted by Crippen LogP contribution is 2.40. The first-order valence-electron chi connectivity index (χ1n) is 6.58. The Balaban J connectivity index is 3.31. The fourth-order valence-corrected chi connectivity index (χ4v) is 1.92. The summed E-state index contributed by atoms with van der Waals surface area (Å²) in [6, 6.07) is 3.09. The first-order valence-corrected chi connectivity index (χ1v) is 6.58. The second-order valence-electron chi connectivity index (χ2n) is 4.17. The van der Waals surface area contributed by atoms with Gasteiger partial charge in [-0.3, -0.25) is 0 Å². The monoisotopic (exact) mass is 308 g/mol. The maximum Gasteiger partial charge on any atom is 0.344 e. The van der Waals surface area contributed by atoms with E-state index in [-0.39, 0.29) is 12.2 Å². The minimum Gasteiger partial charge on any atom is -0.493 e. The van der Waals surface area contributed by atoms with Crippen LogP contribution >= 0.6 is 0 Å². The minimum absolute atomic E-state index is 0.0869. The van der Waals surface area contributed by atoms with Gasteiger partial charge in [0.25, 0.3) is 0 Å². The molecule has 0 aromatic heterocycles. The lowest BCUT2D eigenvalue weighted by Gasteiger charge is -2.17. The Morgan fingerprint density at radius 2 is 1.77 bits per heavy atom. The van der Waals surface area contributed by atoms with Crippen LogP contribution in [0, 0.1) is 0 Å². The standard InChI is InChI=1S/C16H20O6/c1-6-11(16(18)22-7-2)14(17)10-8-12(19-3)15(21-5)13(9-10)20-4/h8-9,14,17H,1,7H2,2-5H3. The Kier molecular flexibility index (Phi) is 6.50. The zero-order valence-electron chi connectivity index (χ0n) is 13.1. The van der Waals surface area contributed by atoms with Crippen LogP contribution in [0.1, 0.15) is 18.6 Å². The fraction of sp³-hybridized carbons (Fsp3) is 0.375. The van der Waals surface area contributed by atoms with E-state index < -0.39 is 12.1 Å². The average molecular weight is 308 g/mol. The lowest BCUT2D eigenvalue weighted by Crippen LogP contribution is -2.14. The Hall–Kier alpha value is -2.43. The van der Waals surface area contributed by atoms with E-state index >= 15 is 0 Å². The van der Waals surface area contributed by atoms with E-state index in [1.54, 1.807) is 19.1 Å². The molecule has 6 heteroatoms. The van der Waals surface area contributed by atoms with Crippen molar-refractivity contribution in [2.75, 3.05) is 27.9 Å². The zero-order chi connectivity index (χ0) is 16.7. The second-order valence-corrected chi connectivity index (χ2v) is 4.17. The summed E-state index contributed by atoms with van der Waals surface area (Å²) in [7, 11) is 4.40. The highest BCUT2D eigenvalue weighted by Gasteiger charge is 2.24. The van der Waals surface area contributed by atoms with Gasteiger partial charge in [-0.25, -0.2) is 4.79 Å². The van der Waals surface area contributed by atoms with Crippen LogP contribution in [0.4, 0.5) is 0 Å². The third-order valence-electron chi connectivity index (χ3n) is 2.96. The van der Waals surface area contributed by atoms with Gasteiger partial charge in [-0.05, 0) is 24.6 Å². The molecule has 0 bridgehead atoms. The predicted molar refractivity (Wildman–Crippen MR) is 80.3 cm³/mol. The average Bonchev–Trinajstić information content (AvgIpc) is 2.54. The Bertz CT molecular complexity index is 561. The summed E-state index contributed by atoms with van der Waals surface area (Å²) in [4.78, 5) is 11.8. The van der Waals surface area contributed by atoms with Gasteiger partial charge in [0.05, 0.1) is 27.9 Å². The van der Waals surface area contributed by atoms with Gasteiger partial charge in [0, 0.05) is 0 Å². The van der Waals surface area contributed by atoms with Gasteiger partial charge in [-0.15, -0.1) is 5.73 Å². The molecule has 0 aliphatic rings. The van der Waals surface area contributed by atoms with Crippen molar-refractivity contribution < 1.29 is 28.8 Å². The number of aliphatic hydroxyl groups is 1. The smallest absolute Gasteiger partial charge is 0.344 e. The number of ether oxygens (including phenoxy) is 4. The highest BCUT2D eigenvalue weighted by molar-refractivity contribution is 5.89. The van der Waals surface area contributed by atoms with Crippen molar-refractivity contribution in [1.29, 1.82) is 0 Å². The number of carbonyl (C=O) groups excluding carboxylic acids is 1. The number of rotatable bonds is 7. The number of esters is 1. The summed E-state index contributed by atoms with van der Waals surface area (Å²) in [5, 5.41) is 10.4. The van der Waals surface area contributed by atoms with Gasteiger partial charge < -0.3 is 24.1 Å². The fourth-order valence-electron chi connectivity index (χ4n) is 1.92. The SMILES string of the molecule is C=C=C(C(=O)OCC)C(O)c1cc(OC)c(OC)c(OC)c1. The second kappa shape index (κ2) is 8.12. The van der Waals surface area contributed by atoms with E-state index in [1.165, 1.54) is 21.3 Å². The highest BCUT2D eigenvalue weighted by atomic mass is 16.5. The molecule has 1 unspecified atom stereocenters. The van der Waals surface area contributed by atoms with Crippen LogP contribution in [-0.2, 0) is 9.53 Å². The van der Waals surface area contributed by atoms with Gasteiger partial charge >= 0.3 is 5.97 Å². The molecule has 0 aliphatic carbocycles. The summed E-state index contributed by atoms with van der Waals surface area (Å²) >= 11 is 0. The van der Waals surface area contributed by atoms with E-state index in [2.05, 4.69) is 12.3 Å². The number of aliphatic hydroxyl groups excluding tert-OH is 1. The molecule has 1 aromatic carbocycles. The molecule has 0 spiro atoms. The van der Waals surface area contributed by atoms with Crippen molar-refractivity contribution in [2.24, 2.45) is 0 Å². The molecule has 0 amide bonds. The molecule has 1 aromatic rings. The number of carbonyl (C=O) groups is 1. The third-order valence-corrected chi connectivity index (χ3v) is 2.96. The quantitative estimate of drug-likeness (QED) is 0.472. The largest absolute Gasteiger partial charge is 0.493 e. The van der Waals surface area contributed by atoms with Crippen LogP contribution in [0.2, 0.25) is 0 Å². The first kappa shape index (κ1) is 17.6. The molecule has 0 fully saturated rings. The number of hydrogen-bond donors (Lipinski definition) is 1. The molecule has 0 heterocycles. The van der Waals surface area contributed by atoms with Crippen LogP contribution in [0.15, 0.2) is 30.0 Å². The number of hydrogen-bond acceptors (Lipinski definition) is 6. The predicted octanol–water partition coefficient (Wildman–Crippen LogP) is 2.02. The molecular formula is C16H20O6. The summed E-state index contributed by atoms with van der Waals surface area (Å²) in [5.74, 6) is 0.436. The van der Waals surface area contributed by atoms with Gasteiger partial charge in [0.15, 0.2) is 11.5 Å². The summed E-state index contributed by atoms with van der Waals surface area (Å²) in [6.45, 7) is 5.28. The first-order chi connectivity index (χ1) is 10.5. The molecule has 0 radical (unpaired) electrons. The van der Waals surface area contributed by atoms with E-state index in [9.17, 15) is 9.90 Å². The van der Waals surface area contributed by atoms with E-state index in [0.717, 1.165) is 0 Å². The maximum absolute atomic E-state index is 11.8. The van der Waals surface area contributed by atoms with Gasteiger partial charge in [0.2, 0.25) is 5.75 Å². The lowest BCUT2D eigenvalue weighted by molar-refractivity contribution is -0.139. The number of benzene rings is 1. The molecule has 0 aliphatic heterocycles. The van der Waals surface area contributed by atoms with Gasteiger partial charge in [-0.1, -0.05) is 6.58 Å². The molecule has 120 valence electrons. The van der Waals surface area contributed by atoms with E-state index in [4.69, 9.17) is 18.9 Å². The van der Waals surface area contributed by atoms with Crippen LogP contribution < -0.4 is 14.2 Å². The van der Waals surface area contributed by atoms with Crippen molar-refractivity contribution in [1.82, 2.24) is 0 Å². The summed E-state index contributed by atoms with van der Waals surface area (Å²) in [6.07, 6.45) is -1.27. The van der Waals surface area contributed by atoms with Gasteiger partial charge in [0.1, 0.15) is 11.7 Å². The molecule has 22 heavy (non-hydrogen) atoms. The molecule has 1 atom stereocenters. The molecule has 6 nitrogen and oxygen atoms in total. The maximum atomic E-state index is 11.8. The van der Waals surface area contributed by atoms with E-state index in [0.29, 0.717) is 22.8 Å². The topological polar surface area (TPSA) is 74.2 Å². The summed E-state index contributed by atoms with van der Waals surface area (Å²) in [5.41, 5.74) is 2.70. The molecular weight excluding hydrogens is 288 g/mol. The van der Waals surface area contributed by atoms with Crippen molar-refractivity contribution >= 4 is 5.97 Å². The van der Waals surface area contributed by atoms with Gasteiger partial charge in [-0.2, -0.15) is 0 Å². The van der Waals surface area contributed by atoms with Crippen molar-refractivity contribution in [2.45, 2.75) is 13.0 Å². The normalized spacial score (nSPS) is 11.1. The molecule has 1 rings (SSSR count). The summed E-state index contributed by atoms with van der Waals surface area (Å²) < 4.78 is 20.5. The lowest BCUT2D eigenvalue weighted by atomic mass is 10.0. The van der Waals surface area contributed by atoms with Crippen LogP contribution in [-0.4, -0.2) is 39.0 Å². The van der Waals surface area contributed by atoms with Crippen molar-refractivity contribution in [3.05, 3.63) is 35.6 Å². The Labute approximate surface area is 129 Å². The minimum atomic E-state index is -1.27. The van der Waals surface area contributed by atoms with Crippen LogP contribution in [0.5, 0.6) is 17.2 Å². The van der Waals surface area contributed by atoms with Crippen LogP contribution in [0.25, 0.3) is 0 Å². The van der Waals surface area contributed by atoms with Crippen molar-refractivity contribution in [3.63, 3.8) is 0 Å². The zero-order valence-corrected chi connectivity index (χ0v) is 13.1. The Morgan fingerprint density at radius 3 is 2.14 bits per heavy atom. The molecule has 1 N–H and O–H groups in total. The molecule has 0 saturated heterocycles. The van der Waals surface area contributed by atoms with Crippen molar-refractivity contribution in [3.8, 4) is 17.2 Å². The Morgan fingerprint density at radius 1 is 1.23 bits per heavy atom. The molecule has 0 saturated carbocycles. The van der Waals surface area contributed by atoms with E-state index in [1.807, 2.05) is 0 Å². The third kappa shape index (κ3) is 3.61.